The van der Waals surface area contributed by atoms with E-state index >= 15 is 0 Å². The van der Waals surface area contributed by atoms with E-state index in [-0.39, 0.29) is 5.91 Å². The second-order valence-electron chi connectivity index (χ2n) is 5.01. The maximum absolute atomic E-state index is 12.2. The fraction of sp³-hybridized carbons (Fsp3) is 0.294. The lowest BCUT2D eigenvalue weighted by Gasteiger charge is -2.16. The van der Waals surface area contributed by atoms with Crippen LogP contribution in [-0.2, 0) is 4.74 Å². The molecule has 122 valence electrons. The standard InChI is InChI=1S/C17H19BrN2O3/c1-20(10-3-11-22-2)17(21)13-4-9-16(19-12-13)23-15-7-5-14(18)6-8-15/h4-9,12H,3,10-11H2,1-2H3. The van der Waals surface area contributed by atoms with Crippen LogP contribution < -0.4 is 4.74 Å². The number of carbonyl (C=O) groups excluding carboxylic acids is 1. The minimum atomic E-state index is -0.0659. The first-order chi connectivity index (χ1) is 11.1. The fourth-order valence-electron chi connectivity index (χ4n) is 1.96. The van der Waals surface area contributed by atoms with E-state index in [0.29, 0.717) is 30.3 Å². The molecule has 2 aromatic rings. The van der Waals surface area contributed by atoms with Gasteiger partial charge < -0.3 is 14.4 Å². The SMILES string of the molecule is COCCCN(C)C(=O)c1ccc(Oc2ccc(Br)cc2)nc1. The van der Waals surface area contributed by atoms with Crippen LogP contribution in [0.2, 0.25) is 0 Å². The summed E-state index contributed by atoms with van der Waals surface area (Å²) in [5, 5.41) is 0. The Morgan fingerprint density at radius 2 is 1.96 bits per heavy atom. The van der Waals surface area contributed by atoms with Crippen LogP contribution in [0.15, 0.2) is 47.1 Å². The summed E-state index contributed by atoms with van der Waals surface area (Å²) >= 11 is 3.37. The molecule has 0 saturated heterocycles. The zero-order valence-electron chi connectivity index (χ0n) is 13.2. The smallest absolute Gasteiger partial charge is 0.255 e. The highest BCUT2D eigenvalue weighted by Crippen LogP contribution is 2.21. The van der Waals surface area contributed by atoms with Crippen molar-refractivity contribution in [3.8, 4) is 11.6 Å². The molecule has 0 aliphatic heterocycles. The zero-order chi connectivity index (χ0) is 16.7. The van der Waals surface area contributed by atoms with Crippen molar-refractivity contribution in [2.75, 3.05) is 27.3 Å². The molecule has 0 unspecified atom stereocenters. The van der Waals surface area contributed by atoms with E-state index in [1.807, 2.05) is 24.3 Å². The normalized spacial score (nSPS) is 10.4. The highest BCUT2D eigenvalue weighted by Gasteiger charge is 2.12. The number of methoxy groups -OCH3 is 1. The number of hydrogen-bond donors (Lipinski definition) is 0. The minimum absolute atomic E-state index is 0.0659. The van der Waals surface area contributed by atoms with Crippen LogP contribution in [0.4, 0.5) is 0 Å². The van der Waals surface area contributed by atoms with Crippen LogP contribution >= 0.6 is 15.9 Å². The molecule has 6 heteroatoms. The summed E-state index contributed by atoms with van der Waals surface area (Å²) in [4.78, 5) is 18.1. The van der Waals surface area contributed by atoms with E-state index in [2.05, 4.69) is 20.9 Å². The number of halogens is 1. The van der Waals surface area contributed by atoms with Crippen molar-refractivity contribution in [2.45, 2.75) is 6.42 Å². The van der Waals surface area contributed by atoms with Crippen LogP contribution in [0.5, 0.6) is 11.6 Å². The van der Waals surface area contributed by atoms with Crippen molar-refractivity contribution in [3.05, 3.63) is 52.6 Å². The number of amides is 1. The summed E-state index contributed by atoms with van der Waals surface area (Å²) in [6.07, 6.45) is 2.33. The van der Waals surface area contributed by atoms with Gasteiger partial charge >= 0.3 is 0 Å². The number of hydrogen-bond acceptors (Lipinski definition) is 4. The predicted molar refractivity (Wildman–Crippen MR) is 91.9 cm³/mol. The van der Waals surface area contributed by atoms with Gasteiger partial charge in [-0.1, -0.05) is 15.9 Å². The largest absolute Gasteiger partial charge is 0.439 e. The minimum Gasteiger partial charge on any atom is -0.439 e. The Kier molecular flexibility index (Phi) is 6.55. The number of ether oxygens (including phenoxy) is 2. The van der Waals surface area contributed by atoms with E-state index in [4.69, 9.17) is 9.47 Å². The second kappa shape index (κ2) is 8.64. The van der Waals surface area contributed by atoms with Crippen molar-refractivity contribution in [3.63, 3.8) is 0 Å². The fourth-order valence-corrected chi connectivity index (χ4v) is 2.22. The second-order valence-corrected chi connectivity index (χ2v) is 5.93. The van der Waals surface area contributed by atoms with Gasteiger partial charge in [-0.15, -0.1) is 0 Å². The molecular weight excluding hydrogens is 360 g/mol. The highest BCUT2D eigenvalue weighted by molar-refractivity contribution is 9.10. The Labute approximate surface area is 144 Å². The zero-order valence-corrected chi connectivity index (χ0v) is 14.7. The maximum atomic E-state index is 12.2. The topological polar surface area (TPSA) is 51.7 Å². The quantitative estimate of drug-likeness (QED) is 0.688. The van der Waals surface area contributed by atoms with Crippen LogP contribution in [0.25, 0.3) is 0 Å². The Hall–Kier alpha value is -1.92. The summed E-state index contributed by atoms with van der Waals surface area (Å²) in [6.45, 7) is 1.28. The number of nitrogens with zero attached hydrogens (tertiary/aromatic N) is 2. The van der Waals surface area contributed by atoms with Crippen molar-refractivity contribution in [1.82, 2.24) is 9.88 Å². The Balaban J connectivity index is 1.95. The Bertz CT molecular complexity index is 629. The number of benzene rings is 1. The van der Waals surface area contributed by atoms with Crippen molar-refractivity contribution in [1.29, 1.82) is 0 Å². The first kappa shape index (κ1) is 17.4. The molecular formula is C17H19BrN2O3. The lowest BCUT2D eigenvalue weighted by molar-refractivity contribution is 0.0779. The summed E-state index contributed by atoms with van der Waals surface area (Å²) in [7, 11) is 3.42. The first-order valence-electron chi connectivity index (χ1n) is 7.24. The molecule has 0 bridgehead atoms. The summed E-state index contributed by atoms with van der Waals surface area (Å²) in [5.41, 5.74) is 0.535. The maximum Gasteiger partial charge on any atom is 0.255 e. The summed E-state index contributed by atoms with van der Waals surface area (Å²) in [5.74, 6) is 1.08. The van der Waals surface area contributed by atoms with Gasteiger partial charge in [-0.2, -0.15) is 0 Å². The predicted octanol–water partition coefficient (Wildman–Crippen LogP) is 3.74. The molecule has 2 rings (SSSR count). The third kappa shape index (κ3) is 5.33. The molecule has 0 fully saturated rings. The Morgan fingerprint density at radius 3 is 2.57 bits per heavy atom. The molecule has 1 aromatic carbocycles. The molecule has 0 N–H and O–H groups in total. The van der Waals surface area contributed by atoms with Gasteiger partial charge in [-0.25, -0.2) is 4.98 Å². The number of aromatic nitrogens is 1. The van der Waals surface area contributed by atoms with Crippen molar-refractivity contribution in [2.24, 2.45) is 0 Å². The van der Waals surface area contributed by atoms with Gasteiger partial charge in [0.25, 0.3) is 5.91 Å². The van der Waals surface area contributed by atoms with Crippen molar-refractivity contribution >= 4 is 21.8 Å². The van der Waals surface area contributed by atoms with Crippen LogP contribution in [-0.4, -0.2) is 43.1 Å². The van der Waals surface area contributed by atoms with Crippen LogP contribution in [0.1, 0.15) is 16.8 Å². The van der Waals surface area contributed by atoms with E-state index < -0.39 is 0 Å². The van der Waals surface area contributed by atoms with E-state index in [1.54, 1.807) is 31.2 Å². The summed E-state index contributed by atoms with van der Waals surface area (Å²) in [6, 6.07) is 10.9. The van der Waals surface area contributed by atoms with E-state index in [9.17, 15) is 4.79 Å². The monoisotopic (exact) mass is 378 g/mol. The molecule has 0 aliphatic rings. The van der Waals surface area contributed by atoms with E-state index in [1.165, 1.54) is 6.20 Å². The third-order valence-corrected chi connectivity index (χ3v) is 3.74. The third-order valence-electron chi connectivity index (χ3n) is 3.21. The first-order valence-corrected chi connectivity index (χ1v) is 8.03. The van der Waals surface area contributed by atoms with E-state index in [0.717, 1.165) is 10.9 Å². The summed E-state index contributed by atoms with van der Waals surface area (Å²) < 4.78 is 11.6. The van der Waals surface area contributed by atoms with Gasteiger partial charge in [-0.3, -0.25) is 4.79 Å². The van der Waals surface area contributed by atoms with Crippen LogP contribution in [0, 0.1) is 0 Å². The molecule has 0 saturated carbocycles. The lowest BCUT2D eigenvalue weighted by atomic mass is 10.2. The molecule has 0 radical (unpaired) electrons. The van der Waals surface area contributed by atoms with Gasteiger partial charge in [0.1, 0.15) is 5.75 Å². The molecule has 1 heterocycles. The molecule has 23 heavy (non-hydrogen) atoms. The number of pyridine rings is 1. The Morgan fingerprint density at radius 1 is 1.22 bits per heavy atom. The molecule has 1 aromatic heterocycles. The van der Waals surface area contributed by atoms with Crippen LogP contribution in [0.3, 0.4) is 0 Å². The molecule has 0 spiro atoms. The average Bonchev–Trinajstić information content (AvgIpc) is 2.57. The molecule has 0 aliphatic carbocycles. The molecule has 1 amide bonds. The van der Waals surface area contributed by atoms with Gasteiger partial charge in [0.05, 0.1) is 5.56 Å². The van der Waals surface area contributed by atoms with Crippen molar-refractivity contribution < 1.29 is 14.3 Å². The molecule has 5 nitrogen and oxygen atoms in total. The number of rotatable bonds is 7. The lowest BCUT2D eigenvalue weighted by Crippen LogP contribution is -2.28. The van der Waals surface area contributed by atoms with Gasteiger partial charge in [0.2, 0.25) is 5.88 Å². The highest BCUT2D eigenvalue weighted by atomic mass is 79.9. The average molecular weight is 379 g/mol. The van der Waals surface area contributed by atoms with Gasteiger partial charge in [0.15, 0.2) is 0 Å². The number of carbonyl (C=O) groups is 1. The van der Waals surface area contributed by atoms with Gasteiger partial charge in [0, 0.05) is 44.0 Å². The van der Waals surface area contributed by atoms with Gasteiger partial charge in [-0.05, 0) is 36.8 Å². The molecule has 0 atom stereocenters.